The summed E-state index contributed by atoms with van der Waals surface area (Å²) in [6, 6.07) is 16.6. The number of nitrogens with one attached hydrogen (secondary N) is 4. The number of aromatic nitrogens is 4. The number of fused-ring (bicyclic) bond motifs is 5. The van der Waals surface area contributed by atoms with Gasteiger partial charge in [-0.15, -0.1) is 0 Å². The Kier molecular flexibility index (Phi) is 10.6. The number of ether oxygens (including phenoxy) is 2. The number of aromatic amines is 2. The molecule has 304 valence electrons. The van der Waals surface area contributed by atoms with Crippen molar-refractivity contribution in [3.63, 3.8) is 0 Å². The molecule has 3 fully saturated rings. The van der Waals surface area contributed by atoms with Gasteiger partial charge in [-0.05, 0) is 85.1 Å². The molecule has 15 nitrogen and oxygen atoms in total. The highest BCUT2D eigenvalue weighted by atomic mass is 16.5. The molecule has 1 saturated carbocycles. The third-order valence-corrected chi connectivity index (χ3v) is 12.4. The van der Waals surface area contributed by atoms with E-state index in [-0.39, 0.29) is 35.9 Å². The molecule has 5 aromatic rings. The summed E-state index contributed by atoms with van der Waals surface area (Å²) in [7, 11) is 2.75. The van der Waals surface area contributed by atoms with Gasteiger partial charge in [0, 0.05) is 25.1 Å². The maximum atomic E-state index is 14.1. The molecule has 3 aromatic carbocycles. The molecule has 0 radical (unpaired) electrons. The number of rotatable bonds is 11. The Labute approximate surface area is 335 Å². The van der Waals surface area contributed by atoms with Gasteiger partial charge in [0.2, 0.25) is 11.8 Å². The van der Waals surface area contributed by atoms with Gasteiger partial charge in [-0.1, -0.05) is 56.3 Å². The summed E-state index contributed by atoms with van der Waals surface area (Å²) in [5, 5.41) is 16.5. The van der Waals surface area contributed by atoms with Gasteiger partial charge < -0.3 is 45.0 Å². The molecule has 3 aliphatic rings. The Morgan fingerprint density at radius 1 is 0.862 bits per heavy atom. The van der Waals surface area contributed by atoms with E-state index in [1.54, 1.807) is 18.0 Å². The minimum absolute atomic E-state index is 0.0997. The molecule has 8 rings (SSSR count). The van der Waals surface area contributed by atoms with E-state index in [9.17, 15) is 24.3 Å². The molecule has 2 aromatic heterocycles. The zero-order valence-corrected chi connectivity index (χ0v) is 33.3. The summed E-state index contributed by atoms with van der Waals surface area (Å²) in [5.74, 6) is 1.17. The Bertz CT molecular complexity index is 2360. The van der Waals surface area contributed by atoms with E-state index in [1.807, 2.05) is 36.9 Å². The number of imidazole rings is 2. The second-order valence-electron chi connectivity index (χ2n) is 16.1. The van der Waals surface area contributed by atoms with E-state index in [2.05, 4.69) is 62.0 Å². The zero-order chi connectivity index (χ0) is 40.8. The van der Waals surface area contributed by atoms with Crippen LogP contribution in [0.4, 0.5) is 9.59 Å². The minimum Gasteiger partial charge on any atom is -0.465 e. The van der Waals surface area contributed by atoms with Crippen molar-refractivity contribution in [3.05, 3.63) is 72.4 Å². The minimum atomic E-state index is -1.28. The number of amides is 4. The molecule has 4 amide bonds. The van der Waals surface area contributed by atoms with Gasteiger partial charge >= 0.3 is 12.2 Å². The highest BCUT2D eigenvalue weighted by Gasteiger charge is 2.51. The molecule has 2 aliphatic heterocycles. The zero-order valence-electron chi connectivity index (χ0n) is 33.3. The number of nitrogens with zero attached hydrogens (tertiary/aromatic N) is 4. The summed E-state index contributed by atoms with van der Waals surface area (Å²) < 4.78 is 10.1. The lowest BCUT2D eigenvalue weighted by atomic mass is 9.95. The Hall–Kier alpha value is -5.96. The molecule has 5 N–H and O–H groups in total. The van der Waals surface area contributed by atoms with Crippen LogP contribution >= 0.6 is 0 Å². The summed E-state index contributed by atoms with van der Waals surface area (Å²) in [6.07, 6.45) is 3.61. The standard InChI is InChI=1S/C43H50N8O7/c1-22(2)34(49-43(56)58-5)41(53)51-29-15-12-28(20-29)37(51)39-45-31-17-14-27-19-26(13-16-30(27)36(31)47-39)24-8-10-25(11-9-24)32-21-44-38(46-32)33-7-6-18-50(33)40(52)35(23(3)57-4)48-42(54)55/h8-11,13-14,16-17,19,21-23,28-29,33-35,37,48H,6-7,12,15,18,20H2,1-5H3,(H,44,46)(H,45,47)(H,49,56)(H,54,55)/t23-,28+,29-,33+,34+,35+,37+/m1/s1. The van der Waals surface area contributed by atoms with Crippen LogP contribution in [0, 0.1) is 11.8 Å². The average molecular weight is 791 g/mol. The molecule has 0 spiro atoms. The van der Waals surface area contributed by atoms with Gasteiger partial charge in [0.05, 0.1) is 48.2 Å². The molecule has 2 bridgehead atoms. The normalized spacial score (nSPS) is 21.8. The number of benzene rings is 3. The van der Waals surface area contributed by atoms with Crippen molar-refractivity contribution in [2.45, 2.75) is 89.2 Å². The number of alkyl carbamates (subject to hydrolysis) is 1. The fourth-order valence-electron chi connectivity index (χ4n) is 9.30. The van der Waals surface area contributed by atoms with Crippen molar-refractivity contribution in [1.82, 2.24) is 40.4 Å². The SMILES string of the molecule is COC(=O)N[C@H](C(=O)N1[C@@H]2CC[C@@H](C2)[C@H]1c1nc2ccc3cc(-c4ccc(-c5cnc([C@@H]6CCCN6C(=O)[C@@H](NC(=O)O)[C@@H](C)OC)[nH]5)cc4)ccc3c2[nH]1)C(C)C. The third-order valence-electron chi connectivity index (χ3n) is 12.4. The molecule has 15 heteroatoms. The summed E-state index contributed by atoms with van der Waals surface area (Å²) in [6.45, 7) is 6.02. The van der Waals surface area contributed by atoms with Crippen LogP contribution in [-0.4, -0.2) is 104 Å². The smallest absolute Gasteiger partial charge is 0.407 e. The number of likely N-dealkylation sites (tertiary alicyclic amines) is 2. The highest BCUT2D eigenvalue weighted by molar-refractivity contribution is 6.05. The van der Waals surface area contributed by atoms with E-state index in [1.165, 1.54) is 14.2 Å². The number of methoxy groups -OCH3 is 2. The first-order valence-corrected chi connectivity index (χ1v) is 20.0. The number of carbonyl (C=O) groups is 4. The summed E-state index contributed by atoms with van der Waals surface area (Å²) in [5.41, 5.74) is 5.63. The summed E-state index contributed by atoms with van der Waals surface area (Å²) >= 11 is 0. The van der Waals surface area contributed by atoms with Crippen LogP contribution in [0.3, 0.4) is 0 Å². The number of hydrogen-bond acceptors (Lipinski definition) is 8. The largest absolute Gasteiger partial charge is 0.465 e. The summed E-state index contributed by atoms with van der Waals surface area (Å²) in [4.78, 5) is 71.5. The van der Waals surface area contributed by atoms with Gasteiger partial charge in [-0.3, -0.25) is 9.59 Å². The highest BCUT2D eigenvalue weighted by Crippen LogP contribution is 2.50. The lowest BCUT2D eigenvalue weighted by Gasteiger charge is -2.37. The predicted molar refractivity (Wildman–Crippen MR) is 217 cm³/mol. The maximum absolute atomic E-state index is 14.1. The maximum Gasteiger partial charge on any atom is 0.407 e. The number of carboxylic acid groups (broad SMARTS) is 1. The molecule has 58 heavy (non-hydrogen) atoms. The Morgan fingerprint density at radius 3 is 2.34 bits per heavy atom. The van der Waals surface area contributed by atoms with Crippen LogP contribution < -0.4 is 10.6 Å². The van der Waals surface area contributed by atoms with E-state index >= 15 is 0 Å². The van der Waals surface area contributed by atoms with Gasteiger partial charge in [-0.2, -0.15) is 0 Å². The predicted octanol–water partition coefficient (Wildman–Crippen LogP) is 6.54. The Morgan fingerprint density at radius 2 is 1.62 bits per heavy atom. The van der Waals surface area contributed by atoms with Crippen LogP contribution in [0.25, 0.3) is 44.2 Å². The van der Waals surface area contributed by atoms with Crippen molar-refractivity contribution in [1.29, 1.82) is 0 Å². The molecular formula is C43H50N8O7. The van der Waals surface area contributed by atoms with Gasteiger partial charge in [0.15, 0.2) is 0 Å². The van der Waals surface area contributed by atoms with Crippen molar-refractivity contribution < 1.29 is 33.8 Å². The average Bonchev–Trinajstić information content (AvgIpc) is 4.08. The Balaban J connectivity index is 1.00. The fraction of sp³-hybridized carbons (Fsp3) is 0.442. The van der Waals surface area contributed by atoms with E-state index in [0.717, 1.165) is 75.7 Å². The van der Waals surface area contributed by atoms with Crippen LogP contribution in [0.1, 0.15) is 76.6 Å². The first-order chi connectivity index (χ1) is 27.9. The van der Waals surface area contributed by atoms with Gasteiger partial charge in [0.25, 0.3) is 0 Å². The molecular weight excluding hydrogens is 741 g/mol. The number of H-pyrrole nitrogens is 2. The van der Waals surface area contributed by atoms with Crippen molar-refractivity contribution in [2.24, 2.45) is 11.8 Å². The number of hydrogen-bond donors (Lipinski definition) is 5. The van der Waals surface area contributed by atoms with E-state index < -0.39 is 30.4 Å². The lowest BCUT2D eigenvalue weighted by Crippen LogP contribution is -2.54. The number of piperidine rings is 1. The van der Waals surface area contributed by atoms with Crippen LogP contribution in [0.2, 0.25) is 0 Å². The quantitative estimate of drug-likeness (QED) is 0.0988. The fourth-order valence-corrected chi connectivity index (χ4v) is 9.30. The van der Waals surface area contributed by atoms with Crippen molar-refractivity contribution in [3.8, 4) is 22.4 Å². The molecule has 0 unspecified atom stereocenters. The van der Waals surface area contributed by atoms with Crippen molar-refractivity contribution >= 4 is 45.8 Å². The van der Waals surface area contributed by atoms with Gasteiger partial charge in [-0.25, -0.2) is 19.6 Å². The third kappa shape index (κ3) is 7.12. The first kappa shape index (κ1) is 38.9. The molecule has 2 saturated heterocycles. The van der Waals surface area contributed by atoms with Crippen LogP contribution in [0.15, 0.2) is 60.8 Å². The monoisotopic (exact) mass is 790 g/mol. The van der Waals surface area contributed by atoms with Crippen LogP contribution in [0.5, 0.6) is 0 Å². The lowest BCUT2D eigenvalue weighted by molar-refractivity contribution is -0.139. The van der Waals surface area contributed by atoms with E-state index in [4.69, 9.17) is 14.5 Å². The molecule has 1 aliphatic carbocycles. The second kappa shape index (κ2) is 15.8. The second-order valence-corrected chi connectivity index (χ2v) is 16.1. The van der Waals surface area contributed by atoms with Crippen LogP contribution in [-0.2, 0) is 19.1 Å². The first-order valence-electron chi connectivity index (χ1n) is 20.0. The number of carbonyl (C=O) groups excluding carboxylic acids is 3. The van der Waals surface area contributed by atoms with Gasteiger partial charge in [0.1, 0.15) is 23.7 Å². The molecule has 7 atom stereocenters. The van der Waals surface area contributed by atoms with Crippen molar-refractivity contribution in [2.75, 3.05) is 20.8 Å². The van der Waals surface area contributed by atoms with E-state index in [0.29, 0.717) is 24.7 Å². The topological polar surface area (TPSA) is 195 Å². The molecule has 4 heterocycles.